The van der Waals surface area contributed by atoms with Crippen molar-refractivity contribution in [2.75, 3.05) is 19.8 Å². The third kappa shape index (κ3) is 2.10. The fourth-order valence-electron chi connectivity index (χ4n) is 1.61. The van der Waals surface area contributed by atoms with Gasteiger partial charge >= 0.3 is 0 Å². The first-order valence-corrected chi connectivity index (χ1v) is 5.09. The average molecular weight is 196 g/mol. The minimum Gasteiger partial charge on any atom is -0.381 e. The Morgan fingerprint density at radius 3 is 3.21 bits per heavy atom. The van der Waals surface area contributed by atoms with Crippen LogP contribution in [0.25, 0.3) is 0 Å². The zero-order chi connectivity index (χ0) is 9.80. The second kappa shape index (κ2) is 4.52. The van der Waals surface area contributed by atoms with E-state index in [4.69, 9.17) is 10.5 Å². The lowest BCUT2D eigenvalue weighted by Gasteiger charge is -1.98. The quantitative estimate of drug-likeness (QED) is 0.721. The van der Waals surface area contributed by atoms with Crippen LogP contribution < -0.4 is 5.73 Å². The Kier molecular flexibility index (Phi) is 3.10. The highest BCUT2D eigenvalue weighted by atomic mass is 16.5. The molecule has 1 saturated heterocycles. The first kappa shape index (κ1) is 9.61. The van der Waals surface area contributed by atoms with Gasteiger partial charge in [0.25, 0.3) is 0 Å². The zero-order valence-electron chi connectivity index (χ0n) is 8.20. The van der Waals surface area contributed by atoms with Gasteiger partial charge in [0.1, 0.15) is 5.82 Å². The molecule has 78 valence electrons. The van der Waals surface area contributed by atoms with Crippen LogP contribution in [0, 0.1) is 0 Å². The van der Waals surface area contributed by atoms with Gasteiger partial charge in [-0.15, -0.1) is 0 Å². The molecule has 2 rings (SSSR count). The number of hydrogen-bond acceptors (Lipinski definition) is 4. The molecule has 0 spiro atoms. The minimum atomic E-state index is 0.387. The first-order valence-electron chi connectivity index (χ1n) is 5.09. The summed E-state index contributed by atoms with van der Waals surface area (Å²) < 4.78 is 5.29. The van der Waals surface area contributed by atoms with Crippen LogP contribution in [0.15, 0.2) is 0 Å². The standard InChI is InChI=1S/C9H16N4O/c10-4-1-2-8-11-9(13-12-8)7-3-5-14-6-7/h7H,1-6,10H2,(H,11,12,13)/t7-/m0/s1. The Balaban J connectivity index is 1.94. The molecule has 14 heavy (non-hydrogen) atoms. The van der Waals surface area contributed by atoms with Crippen LogP contribution in [0.5, 0.6) is 0 Å². The van der Waals surface area contributed by atoms with E-state index in [2.05, 4.69) is 15.2 Å². The van der Waals surface area contributed by atoms with Crippen molar-refractivity contribution in [2.24, 2.45) is 5.73 Å². The second-order valence-corrected chi connectivity index (χ2v) is 3.59. The molecule has 1 aliphatic heterocycles. The summed E-state index contributed by atoms with van der Waals surface area (Å²) >= 11 is 0. The fourth-order valence-corrected chi connectivity index (χ4v) is 1.61. The Morgan fingerprint density at radius 2 is 2.50 bits per heavy atom. The van der Waals surface area contributed by atoms with E-state index in [1.807, 2.05) is 0 Å². The third-order valence-corrected chi connectivity index (χ3v) is 2.46. The lowest BCUT2D eigenvalue weighted by molar-refractivity contribution is 0.193. The van der Waals surface area contributed by atoms with Crippen molar-refractivity contribution in [1.29, 1.82) is 0 Å². The van der Waals surface area contributed by atoms with E-state index in [1.165, 1.54) is 0 Å². The van der Waals surface area contributed by atoms with Crippen LogP contribution in [0.1, 0.15) is 30.4 Å². The molecule has 1 atom stereocenters. The van der Waals surface area contributed by atoms with Crippen LogP contribution in [-0.2, 0) is 11.2 Å². The number of rotatable bonds is 4. The lowest BCUT2D eigenvalue weighted by Crippen LogP contribution is -2.02. The van der Waals surface area contributed by atoms with Crippen LogP contribution in [0.4, 0.5) is 0 Å². The van der Waals surface area contributed by atoms with Gasteiger partial charge in [0, 0.05) is 18.9 Å². The summed E-state index contributed by atoms with van der Waals surface area (Å²) in [6.07, 6.45) is 2.88. The van der Waals surface area contributed by atoms with E-state index in [9.17, 15) is 0 Å². The van der Waals surface area contributed by atoms with Crippen LogP contribution in [0.2, 0.25) is 0 Å². The van der Waals surface area contributed by atoms with Gasteiger partial charge in [-0.1, -0.05) is 0 Å². The Morgan fingerprint density at radius 1 is 1.57 bits per heavy atom. The van der Waals surface area contributed by atoms with Gasteiger partial charge in [0.2, 0.25) is 0 Å². The van der Waals surface area contributed by atoms with Crippen LogP contribution >= 0.6 is 0 Å². The smallest absolute Gasteiger partial charge is 0.156 e. The van der Waals surface area contributed by atoms with E-state index < -0.39 is 0 Å². The number of aromatic nitrogens is 3. The number of nitrogens with two attached hydrogens (primary N) is 1. The molecule has 5 heteroatoms. The maximum Gasteiger partial charge on any atom is 0.156 e. The summed E-state index contributed by atoms with van der Waals surface area (Å²) in [5, 5.41) is 7.14. The summed E-state index contributed by atoms with van der Waals surface area (Å²) in [5.74, 6) is 2.23. The molecular weight excluding hydrogens is 180 g/mol. The van der Waals surface area contributed by atoms with E-state index in [0.717, 1.165) is 44.1 Å². The number of aromatic amines is 1. The van der Waals surface area contributed by atoms with E-state index in [0.29, 0.717) is 12.5 Å². The SMILES string of the molecule is NCCCc1nc([C@H]2CCOC2)n[nH]1. The van der Waals surface area contributed by atoms with Crippen molar-refractivity contribution >= 4 is 0 Å². The van der Waals surface area contributed by atoms with Crippen molar-refractivity contribution in [2.45, 2.75) is 25.2 Å². The fraction of sp³-hybridized carbons (Fsp3) is 0.778. The Bertz CT molecular complexity index is 280. The molecule has 1 aromatic rings. The van der Waals surface area contributed by atoms with Crippen molar-refractivity contribution < 1.29 is 4.74 Å². The molecule has 0 aliphatic carbocycles. The van der Waals surface area contributed by atoms with Gasteiger partial charge in [0.15, 0.2) is 5.82 Å². The van der Waals surface area contributed by atoms with Crippen LogP contribution in [0.3, 0.4) is 0 Å². The number of ether oxygens (including phenoxy) is 1. The monoisotopic (exact) mass is 196 g/mol. The first-order chi connectivity index (χ1) is 6.90. The lowest BCUT2D eigenvalue weighted by atomic mass is 10.1. The molecule has 0 bridgehead atoms. The molecule has 3 N–H and O–H groups in total. The summed E-state index contributed by atoms with van der Waals surface area (Å²) in [4.78, 5) is 4.43. The van der Waals surface area contributed by atoms with E-state index in [1.54, 1.807) is 0 Å². The number of hydrogen-bond donors (Lipinski definition) is 2. The molecule has 0 amide bonds. The summed E-state index contributed by atoms with van der Waals surface area (Å²) in [6.45, 7) is 2.29. The third-order valence-electron chi connectivity index (χ3n) is 2.46. The van der Waals surface area contributed by atoms with E-state index in [-0.39, 0.29) is 0 Å². The van der Waals surface area contributed by atoms with Gasteiger partial charge in [0.05, 0.1) is 6.61 Å². The molecule has 0 aromatic carbocycles. The van der Waals surface area contributed by atoms with Crippen molar-refractivity contribution in [1.82, 2.24) is 15.2 Å². The highest BCUT2D eigenvalue weighted by Gasteiger charge is 2.21. The topological polar surface area (TPSA) is 76.8 Å². The summed E-state index contributed by atoms with van der Waals surface area (Å²) in [5.41, 5.74) is 5.42. The van der Waals surface area contributed by atoms with Crippen molar-refractivity contribution in [3.05, 3.63) is 11.6 Å². The van der Waals surface area contributed by atoms with E-state index >= 15 is 0 Å². The average Bonchev–Trinajstić information content (AvgIpc) is 2.85. The molecule has 2 heterocycles. The molecule has 0 unspecified atom stereocenters. The highest BCUT2D eigenvalue weighted by Crippen LogP contribution is 2.21. The van der Waals surface area contributed by atoms with Gasteiger partial charge in [-0.2, -0.15) is 5.10 Å². The minimum absolute atomic E-state index is 0.387. The largest absolute Gasteiger partial charge is 0.381 e. The van der Waals surface area contributed by atoms with Gasteiger partial charge in [-0.3, -0.25) is 5.10 Å². The van der Waals surface area contributed by atoms with Gasteiger partial charge in [-0.05, 0) is 19.4 Å². The number of aryl methyl sites for hydroxylation is 1. The van der Waals surface area contributed by atoms with Gasteiger partial charge < -0.3 is 10.5 Å². The molecule has 0 saturated carbocycles. The predicted molar refractivity (Wildman–Crippen MR) is 51.9 cm³/mol. The second-order valence-electron chi connectivity index (χ2n) is 3.59. The maximum absolute atomic E-state index is 5.42. The number of nitrogens with zero attached hydrogens (tertiary/aromatic N) is 2. The predicted octanol–water partition coefficient (Wildman–Crippen LogP) is 0.200. The zero-order valence-corrected chi connectivity index (χ0v) is 8.20. The molecular formula is C9H16N4O. The molecule has 5 nitrogen and oxygen atoms in total. The number of H-pyrrole nitrogens is 1. The summed E-state index contributed by atoms with van der Waals surface area (Å²) in [6, 6.07) is 0. The Hall–Kier alpha value is -0.940. The number of nitrogens with one attached hydrogen (secondary N) is 1. The normalized spacial score (nSPS) is 21.6. The summed E-state index contributed by atoms with van der Waals surface area (Å²) in [7, 11) is 0. The van der Waals surface area contributed by atoms with Crippen molar-refractivity contribution in [3.63, 3.8) is 0 Å². The van der Waals surface area contributed by atoms with Crippen molar-refractivity contribution in [3.8, 4) is 0 Å². The molecule has 1 fully saturated rings. The molecule has 1 aromatic heterocycles. The highest BCUT2D eigenvalue weighted by molar-refractivity contribution is 4.99. The molecule has 1 aliphatic rings. The molecule has 0 radical (unpaired) electrons. The van der Waals surface area contributed by atoms with Gasteiger partial charge in [-0.25, -0.2) is 4.98 Å². The van der Waals surface area contributed by atoms with Crippen LogP contribution in [-0.4, -0.2) is 34.9 Å². The Labute approximate surface area is 83.1 Å². The maximum atomic E-state index is 5.42.